The van der Waals surface area contributed by atoms with Crippen molar-refractivity contribution in [1.29, 1.82) is 0 Å². The van der Waals surface area contributed by atoms with Crippen LogP contribution in [0, 0.1) is 0 Å². The number of anilines is 1. The second-order valence-corrected chi connectivity index (χ2v) is 8.30. The van der Waals surface area contributed by atoms with Gasteiger partial charge >= 0.3 is 0 Å². The number of nitrogens with two attached hydrogens (primary N) is 1. The van der Waals surface area contributed by atoms with Gasteiger partial charge in [-0.1, -0.05) is 68.4 Å². The molecule has 1 atom stereocenters. The molecular formula is C27H30ClN5. The molecule has 0 aliphatic rings. The Morgan fingerprint density at radius 1 is 0.909 bits per heavy atom. The zero-order valence-electron chi connectivity index (χ0n) is 19.0. The van der Waals surface area contributed by atoms with Gasteiger partial charge in [0.05, 0.1) is 5.69 Å². The quantitative estimate of drug-likeness (QED) is 0.351. The third kappa shape index (κ3) is 6.37. The maximum Gasteiger partial charge on any atom is 0.223 e. The highest BCUT2D eigenvalue weighted by Crippen LogP contribution is 2.32. The topological polar surface area (TPSA) is 76.7 Å². The predicted molar refractivity (Wildman–Crippen MR) is 139 cm³/mol. The Bertz CT molecular complexity index is 1150. The van der Waals surface area contributed by atoms with Gasteiger partial charge in [0.15, 0.2) is 0 Å². The Labute approximate surface area is 201 Å². The molecule has 0 fully saturated rings. The summed E-state index contributed by atoms with van der Waals surface area (Å²) in [7, 11) is 0. The fourth-order valence-electron chi connectivity index (χ4n) is 3.68. The molecule has 33 heavy (non-hydrogen) atoms. The molecule has 4 aromatic rings. The lowest BCUT2D eigenvalue weighted by atomic mass is 9.96. The Balaban J connectivity index is 0.00000306. The van der Waals surface area contributed by atoms with E-state index < -0.39 is 0 Å². The highest BCUT2D eigenvalue weighted by molar-refractivity contribution is 5.85. The molecule has 4 rings (SSSR count). The van der Waals surface area contributed by atoms with E-state index in [4.69, 9.17) is 10.7 Å². The van der Waals surface area contributed by atoms with Crippen molar-refractivity contribution in [2.24, 2.45) is 5.73 Å². The minimum atomic E-state index is -0.0345. The van der Waals surface area contributed by atoms with Gasteiger partial charge in [-0.3, -0.25) is 4.98 Å². The first-order valence-corrected chi connectivity index (χ1v) is 11.0. The lowest BCUT2D eigenvalue weighted by Gasteiger charge is -2.15. The van der Waals surface area contributed by atoms with Crippen molar-refractivity contribution >= 4 is 18.4 Å². The van der Waals surface area contributed by atoms with Crippen LogP contribution in [0.25, 0.3) is 22.4 Å². The normalized spacial score (nSPS) is 11.6. The molecule has 2 heterocycles. The first-order valence-electron chi connectivity index (χ1n) is 11.0. The largest absolute Gasteiger partial charge is 0.353 e. The predicted octanol–water partition coefficient (Wildman–Crippen LogP) is 5.73. The molecular weight excluding hydrogens is 430 g/mol. The van der Waals surface area contributed by atoms with Crippen LogP contribution >= 0.6 is 12.4 Å². The fraction of sp³-hybridized carbons (Fsp3) is 0.222. The average Bonchev–Trinajstić information content (AvgIpc) is 2.84. The van der Waals surface area contributed by atoms with Gasteiger partial charge in [0.1, 0.15) is 0 Å². The third-order valence-electron chi connectivity index (χ3n) is 5.47. The number of nitrogens with zero attached hydrogens (tertiary/aromatic N) is 3. The van der Waals surface area contributed by atoms with E-state index in [0.29, 0.717) is 18.4 Å². The summed E-state index contributed by atoms with van der Waals surface area (Å²) < 4.78 is 0. The van der Waals surface area contributed by atoms with Crippen LogP contribution < -0.4 is 11.1 Å². The zero-order valence-corrected chi connectivity index (χ0v) is 19.8. The number of hydrogen-bond acceptors (Lipinski definition) is 5. The van der Waals surface area contributed by atoms with Gasteiger partial charge in [-0.15, -0.1) is 12.4 Å². The lowest BCUT2D eigenvalue weighted by molar-refractivity contribution is 0.696. The molecule has 0 amide bonds. The van der Waals surface area contributed by atoms with Gasteiger partial charge in [-0.05, 0) is 41.2 Å². The maximum absolute atomic E-state index is 6.34. The summed E-state index contributed by atoms with van der Waals surface area (Å²) >= 11 is 0. The number of pyridine rings is 1. The zero-order chi connectivity index (χ0) is 22.3. The third-order valence-corrected chi connectivity index (χ3v) is 5.47. The molecule has 0 unspecified atom stereocenters. The van der Waals surface area contributed by atoms with E-state index in [1.54, 1.807) is 12.4 Å². The highest BCUT2D eigenvalue weighted by Gasteiger charge is 2.13. The van der Waals surface area contributed by atoms with E-state index >= 15 is 0 Å². The summed E-state index contributed by atoms with van der Waals surface area (Å²) in [5.74, 6) is 1.02. The van der Waals surface area contributed by atoms with Gasteiger partial charge in [0, 0.05) is 42.3 Å². The van der Waals surface area contributed by atoms with Gasteiger partial charge < -0.3 is 11.1 Å². The van der Waals surface area contributed by atoms with Gasteiger partial charge in [-0.25, -0.2) is 9.97 Å². The Morgan fingerprint density at radius 2 is 1.67 bits per heavy atom. The highest BCUT2D eigenvalue weighted by atomic mass is 35.5. The molecule has 0 saturated heterocycles. The number of halogens is 1. The van der Waals surface area contributed by atoms with Gasteiger partial charge in [-0.2, -0.15) is 0 Å². The Kier molecular flexibility index (Phi) is 8.52. The van der Waals surface area contributed by atoms with Crippen LogP contribution in [-0.4, -0.2) is 27.5 Å². The second-order valence-electron chi connectivity index (χ2n) is 8.30. The molecule has 170 valence electrons. The summed E-state index contributed by atoms with van der Waals surface area (Å²) in [5, 5.41) is 3.32. The van der Waals surface area contributed by atoms with Crippen LogP contribution in [0.1, 0.15) is 30.9 Å². The summed E-state index contributed by atoms with van der Waals surface area (Å²) in [6, 6.07) is 22.8. The van der Waals surface area contributed by atoms with Crippen LogP contribution in [0.3, 0.4) is 0 Å². The van der Waals surface area contributed by atoms with Gasteiger partial charge in [0.2, 0.25) is 5.95 Å². The summed E-state index contributed by atoms with van der Waals surface area (Å²) in [4.78, 5) is 13.6. The van der Waals surface area contributed by atoms with Crippen molar-refractivity contribution in [2.45, 2.75) is 32.2 Å². The van der Waals surface area contributed by atoms with E-state index in [0.717, 1.165) is 28.8 Å². The molecule has 2 aromatic carbocycles. The molecule has 0 spiro atoms. The lowest BCUT2D eigenvalue weighted by Crippen LogP contribution is -2.31. The van der Waals surface area contributed by atoms with Crippen molar-refractivity contribution in [3.05, 3.63) is 96.4 Å². The minimum absolute atomic E-state index is 0. The molecule has 0 bridgehead atoms. The monoisotopic (exact) mass is 459 g/mol. The SMILES string of the molecule is CC(C)c1cccc(-c2cnc(NC[C@@H](N)Cc3ccccc3)nc2-c2ccncc2)c1.Cl. The van der Waals surface area contributed by atoms with E-state index in [2.05, 4.69) is 65.5 Å². The summed E-state index contributed by atoms with van der Waals surface area (Å²) in [6.45, 7) is 4.99. The molecule has 0 aliphatic carbocycles. The van der Waals surface area contributed by atoms with Crippen molar-refractivity contribution in [3.63, 3.8) is 0 Å². The number of rotatable bonds is 8. The summed E-state index contributed by atoms with van der Waals surface area (Å²) in [6.07, 6.45) is 6.27. The molecule has 3 N–H and O–H groups in total. The van der Waals surface area contributed by atoms with E-state index in [-0.39, 0.29) is 18.4 Å². The maximum atomic E-state index is 6.34. The molecule has 0 aliphatic heterocycles. The van der Waals surface area contributed by atoms with Crippen LogP contribution in [0.5, 0.6) is 0 Å². The Morgan fingerprint density at radius 3 is 2.39 bits per heavy atom. The molecule has 0 radical (unpaired) electrons. The van der Waals surface area contributed by atoms with E-state index in [1.807, 2.05) is 36.5 Å². The van der Waals surface area contributed by atoms with Crippen molar-refractivity contribution in [2.75, 3.05) is 11.9 Å². The standard InChI is InChI=1S/C27H29N5.ClH/c1-19(2)22-9-6-10-23(16-22)25-18-31-27(32-26(25)21-11-13-29-14-12-21)30-17-24(28)15-20-7-4-3-5-8-20;/h3-14,16,18-19,24H,15,17,28H2,1-2H3,(H,30,31,32);1H/t24-;/m0./s1. The van der Waals surface area contributed by atoms with Crippen LogP contribution in [-0.2, 0) is 6.42 Å². The number of aromatic nitrogens is 3. The average molecular weight is 460 g/mol. The molecule has 2 aromatic heterocycles. The number of hydrogen-bond donors (Lipinski definition) is 2. The first-order chi connectivity index (χ1) is 15.6. The molecule has 0 saturated carbocycles. The van der Waals surface area contributed by atoms with E-state index in [9.17, 15) is 0 Å². The smallest absolute Gasteiger partial charge is 0.223 e. The van der Waals surface area contributed by atoms with Crippen LogP contribution in [0.15, 0.2) is 85.3 Å². The van der Waals surface area contributed by atoms with Crippen molar-refractivity contribution in [3.8, 4) is 22.4 Å². The van der Waals surface area contributed by atoms with Crippen molar-refractivity contribution in [1.82, 2.24) is 15.0 Å². The second kappa shape index (κ2) is 11.5. The molecule has 5 nitrogen and oxygen atoms in total. The van der Waals surface area contributed by atoms with Crippen LogP contribution in [0.4, 0.5) is 5.95 Å². The van der Waals surface area contributed by atoms with Crippen LogP contribution in [0.2, 0.25) is 0 Å². The fourth-order valence-corrected chi connectivity index (χ4v) is 3.68. The van der Waals surface area contributed by atoms with E-state index in [1.165, 1.54) is 11.1 Å². The first kappa shape index (κ1) is 24.4. The number of benzene rings is 2. The Hall–Kier alpha value is -3.28. The molecule has 6 heteroatoms. The van der Waals surface area contributed by atoms with Crippen molar-refractivity contribution < 1.29 is 0 Å². The summed E-state index contributed by atoms with van der Waals surface area (Å²) in [5.41, 5.74) is 12.8. The number of nitrogens with one attached hydrogen (secondary N) is 1. The minimum Gasteiger partial charge on any atom is -0.353 e. The van der Waals surface area contributed by atoms with Gasteiger partial charge in [0.25, 0.3) is 0 Å².